The molecule has 0 saturated carbocycles. The first-order valence-corrected chi connectivity index (χ1v) is 12.7. The Balaban J connectivity index is 1.45. The Morgan fingerprint density at radius 1 is 1.15 bits per heavy atom. The smallest absolute Gasteiger partial charge is 0.306 e. The van der Waals surface area contributed by atoms with E-state index in [0.717, 1.165) is 18.4 Å². The molecule has 4 rings (SSSR count). The lowest BCUT2D eigenvalue weighted by atomic mass is 10.0. The van der Waals surface area contributed by atoms with Crippen LogP contribution in [-0.4, -0.2) is 59.1 Å². The molecule has 0 radical (unpaired) electrons. The first-order chi connectivity index (χ1) is 18.9. The molecule has 2 N–H and O–H groups in total. The summed E-state index contributed by atoms with van der Waals surface area (Å²) < 4.78 is 4.76. The highest BCUT2D eigenvalue weighted by Crippen LogP contribution is 2.28. The van der Waals surface area contributed by atoms with E-state index in [9.17, 15) is 19.2 Å². The number of nitrogens with one attached hydrogen (secondary N) is 2. The van der Waals surface area contributed by atoms with E-state index in [4.69, 9.17) is 10.00 Å². The molecule has 0 unspecified atom stereocenters. The lowest BCUT2D eigenvalue weighted by Gasteiger charge is -2.25. The van der Waals surface area contributed by atoms with Crippen molar-refractivity contribution in [2.45, 2.75) is 31.7 Å². The lowest BCUT2D eigenvalue weighted by Crippen LogP contribution is -2.43. The van der Waals surface area contributed by atoms with Crippen LogP contribution in [0.3, 0.4) is 0 Å². The number of ether oxygens (including phenoxy) is 1. The molecule has 1 aliphatic heterocycles. The molecule has 2 atom stereocenters. The quantitative estimate of drug-likeness (QED) is 0.385. The SMILES string of the molecule is COC(=O)C[C@@H]1C[C@@H](CNC(=O)c2cc(-c3ccc(C#N)cc3)n[nH]c2=O)N(CCCc2ccccc2)C1=O. The van der Waals surface area contributed by atoms with Gasteiger partial charge in [-0.25, -0.2) is 5.10 Å². The Bertz CT molecular complexity index is 1430. The van der Waals surface area contributed by atoms with Crippen molar-refractivity contribution in [1.82, 2.24) is 20.4 Å². The van der Waals surface area contributed by atoms with Crippen molar-refractivity contribution < 1.29 is 19.1 Å². The number of methoxy groups -OCH3 is 1. The molecule has 2 aromatic carbocycles. The van der Waals surface area contributed by atoms with Gasteiger partial charge in [0.25, 0.3) is 11.5 Å². The molecule has 1 saturated heterocycles. The third kappa shape index (κ3) is 6.76. The third-order valence-corrected chi connectivity index (χ3v) is 6.83. The number of hydrogen-bond acceptors (Lipinski definition) is 7. The molecule has 3 aromatic rings. The van der Waals surface area contributed by atoms with Crippen LogP contribution < -0.4 is 10.9 Å². The molecule has 1 aliphatic rings. The highest BCUT2D eigenvalue weighted by molar-refractivity contribution is 5.95. The van der Waals surface area contributed by atoms with Gasteiger partial charge in [-0.3, -0.25) is 19.2 Å². The molecule has 1 aromatic heterocycles. The van der Waals surface area contributed by atoms with E-state index in [1.807, 2.05) is 36.4 Å². The molecule has 10 heteroatoms. The van der Waals surface area contributed by atoms with Crippen molar-refractivity contribution in [3.05, 3.63) is 87.7 Å². The number of amides is 2. The number of esters is 1. The Kier molecular flexibility index (Phi) is 8.84. The number of benzene rings is 2. The zero-order valence-electron chi connectivity index (χ0n) is 21.6. The van der Waals surface area contributed by atoms with Gasteiger partial charge >= 0.3 is 5.97 Å². The molecule has 200 valence electrons. The fourth-order valence-electron chi connectivity index (χ4n) is 4.75. The minimum Gasteiger partial charge on any atom is -0.469 e. The molecule has 10 nitrogen and oxygen atoms in total. The summed E-state index contributed by atoms with van der Waals surface area (Å²) in [7, 11) is 1.29. The van der Waals surface area contributed by atoms with Crippen molar-refractivity contribution in [1.29, 1.82) is 5.26 Å². The summed E-state index contributed by atoms with van der Waals surface area (Å²) in [5.74, 6) is -1.72. The summed E-state index contributed by atoms with van der Waals surface area (Å²) in [6.45, 7) is 0.603. The van der Waals surface area contributed by atoms with E-state index >= 15 is 0 Å². The summed E-state index contributed by atoms with van der Waals surface area (Å²) in [5.41, 5.74) is 1.89. The second kappa shape index (κ2) is 12.6. The molecule has 2 amide bonds. The van der Waals surface area contributed by atoms with Crippen LogP contribution >= 0.6 is 0 Å². The average molecular weight is 528 g/mol. The summed E-state index contributed by atoms with van der Waals surface area (Å²) in [4.78, 5) is 52.2. The number of hydrogen-bond donors (Lipinski definition) is 2. The van der Waals surface area contributed by atoms with Gasteiger partial charge in [0.05, 0.1) is 36.8 Å². The van der Waals surface area contributed by atoms with Crippen LogP contribution in [0, 0.1) is 17.2 Å². The second-order valence-electron chi connectivity index (χ2n) is 9.38. The van der Waals surface area contributed by atoms with Gasteiger partial charge in [0.1, 0.15) is 5.56 Å². The predicted octanol–water partition coefficient (Wildman–Crippen LogP) is 2.45. The minimum absolute atomic E-state index is 0.0209. The molecule has 0 aliphatic carbocycles. The van der Waals surface area contributed by atoms with E-state index in [2.05, 4.69) is 15.5 Å². The van der Waals surface area contributed by atoms with Crippen molar-refractivity contribution >= 4 is 17.8 Å². The molecule has 39 heavy (non-hydrogen) atoms. The average Bonchev–Trinajstić information content (AvgIpc) is 3.26. The van der Waals surface area contributed by atoms with Crippen LogP contribution in [-0.2, 0) is 20.7 Å². The number of carbonyl (C=O) groups excluding carboxylic acids is 3. The standard InChI is InChI=1S/C29H29N5O5/c1-39-26(35)15-22-14-23(34(29(22)38)13-5-8-19-6-3-2-4-7-19)18-31-27(36)24-16-25(32-33-28(24)37)21-11-9-20(17-30)10-12-21/h2-4,6-7,9-12,16,22-23H,5,8,13-15,18H2,1H3,(H,31,36)(H,33,37)/t22-,23-/m0/s1. The maximum absolute atomic E-state index is 13.1. The van der Waals surface area contributed by atoms with Crippen molar-refractivity contribution in [2.24, 2.45) is 5.92 Å². The summed E-state index contributed by atoms with van der Waals surface area (Å²) >= 11 is 0. The second-order valence-corrected chi connectivity index (χ2v) is 9.38. The number of aryl methyl sites for hydroxylation is 1. The molecule has 0 bridgehead atoms. The Labute approximate surface area is 225 Å². The van der Waals surface area contributed by atoms with Gasteiger partial charge < -0.3 is 15.0 Å². The fraction of sp³-hybridized carbons (Fsp3) is 0.310. The van der Waals surface area contributed by atoms with Crippen molar-refractivity contribution in [3.8, 4) is 17.3 Å². The van der Waals surface area contributed by atoms with Crippen LogP contribution in [0.4, 0.5) is 0 Å². The van der Waals surface area contributed by atoms with E-state index in [1.54, 1.807) is 29.2 Å². The van der Waals surface area contributed by atoms with Gasteiger partial charge in [0.15, 0.2) is 0 Å². The zero-order valence-corrected chi connectivity index (χ0v) is 21.6. The number of rotatable bonds is 10. The van der Waals surface area contributed by atoms with Gasteiger partial charge in [-0.15, -0.1) is 0 Å². The number of nitrogens with zero attached hydrogens (tertiary/aromatic N) is 3. The first-order valence-electron chi connectivity index (χ1n) is 12.7. The number of aromatic nitrogens is 2. The zero-order chi connectivity index (χ0) is 27.8. The first kappa shape index (κ1) is 27.3. The van der Waals surface area contributed by atoms with Gasteiger partial charge in [-0.05, 0) is 43.0 Å². The molecule has 2 heterocycles. The van der Waals surface area contributed by atoms with E-state index in [0.29, 0.717) is 29.8 Å². The maximum Gasteiger partial charge on any atom is 0.306 e. The summed E-state index contributed by atoms with van der Waals surface area (Å²) in [6, 6.07) is 19.6. The summed E-state index contributed by atoms with van der Waals surface area (Å²) in [5, 5.41) is 18.1. The highest BCUT2D eigenvalue weighted by Gasteiger charge is 2.40. The van der Waals surface area contributed by atoms with Gasteiger partial charge in [-0.1, -0.05) is 42.5 Å². The molecular formula is C29H29N5O5. The molecule has 0 spiro atoms. The van der Waals surface area contributed by atoms with Crippen LogP contribution in [0.2, 0.25) is 0 Å². The maximum atomic E-state index is 13.1. The van der Waals surface area contributed by atoms with Crippen molar-refractivity contribution in [3.63, 3.8) is 0 Å². The van der Waals surface area contributed by atoms with Gasteiger partial charge in [0, 0.05) is 24.7 Å². The lowest BCUT2D eigenvalue weighted by molar-refractivity contribution is -0.144. The van der Waals surface area contributed by atoms with Crippen LogP contribution in [0.15, 0.2) is 65.5 Å². The summed E-state index contributed by atoms with van der Waals surface area (Å²) in [6.07, 6.45) is 1.88. The topological polar surface area (TPSA) is 145 Å². The molecule has 1 fully saturated rings. The minimum atomic E-state index is -0.643. The Morgan fingerprint density at radius 3 is 2.59 bits per heavy atom. The van der Waals surface area contributed by atoms with Crippen LogP contribution in [0.5, 0.6) is 0 Å². The number of likely N-dealkylation sites (tertiary alicyclic amines) is 1. The number of aromatic amines is 1. The Hall–Kier alpha value is -4.78. The number of carbonyl (C=O) groups is 3. The van der Waals surface area contributed by atoms with Crippen LogP contribution in [0.1, 0.15) is 40.7 Å². The third-order valence-electron chi connectivity index (χ3n) is 6.83. The number of H-pyrrole nitrogens is 1. The highest BCUT2D eigenvalue weighted by atomic mass is 16.5. The Morgan fingerprint density at radius 2 is 1.90 bits per heavy atom. The largest absolute Gasteiger partial charge is 0.469 e. The monoisotopic (exact) mass is 527 g/mol. The van der Waals surface area contributed by atoms with E-state index < -0.39 is 23.4 Å². The predicted molar refractivity (Wildman–Crippen MR) is 142 cm³/mol. The number of nitriles is 1. The van der Waals surface area contributed by atoms with Crippen LogP contribution in [0.25, 0.3) is 11.3 Å². The van der Waals surface area contributed by atoms with Gasteiger partial charge in [0.2, 0.25) is 5.91 Å². The van der Waals surface area contributed by atoms with Gasteiger partial charge in [-0.2, -0.15) is 10.4 Å². The van der Waals surface area contributed by atoms with E-state index in [-0.39, 0.29) is 30.5 Å². The normalized spacial score (nSPS) is 16.5. The van der Waals surface area contributed by atoms with E-state index in [1.165, 1.54) is 13.2 Å². The fourth-order valence-corrected chi connectivity index (χ4v) is 4.75. The van der Waals surface area contributed by atoms with Crippen molar-refractivity contribution in [2.75, 3.05) is 20.2 Å². The molecular weight excluding hydrogens is 498 g/mol.